The Morgan fingerprint density at radius 2 is 1.50 bits per heavy atom. The Hall–Kier alpha value is -0.161. The standard InChI is InChI=1S/C5H11NO4.CH3.Cu/c1-3(7)5(4(2)8)6(9)10;;/h3-5,7-8H,1-2H3;1H3;/q;-1;+1. The van der Waals surface area contributed by atoms with Gasteiger partial charge in [-0.15, -0.1) is 0 Å². The average molecular weight is 228 g/mol. The van der Waals surface area contributed by atoms with Crippen LogP contribution in [0.2, 0.25) is 0 Å². The molecule has 0 saturated carbocycles. The van der Waals surface area contributed by atoms with Gasteiger partial charge in [-0.25, -0.2) is 0 Å². The van der Waals surface area contributed by atoms with Crippen molar-refractivity contribution < 1.29 is 32.2 Å². The molecule has 6 heteroatoms. The number of hydrogen-bond donors (Lipinski definition) is 2. The molecule has 5 nitrogen and oxygen atoms in total. The van der Waals surface area contributed by atoms with Crippen LogP contribution in [-0.2, 0) is 17.1 Å². The summed E-state index contributed by atoms with van der Waals surface area (Å²) in [6.45, 7) is 2.56. The second-order valence-corrected chi connectivity index (χ2v) is 2.26. The molecular weight excluding hydrogens is 214 g/mol. The summed E-state index contributed by atoms with van der Waals surface area (Å²) in [5, 5.41) is 27.6. The van der Waals surface area contributed by atoms with Crippen LogP contribution in [0.5, 0.6) is 0 Å². The molecule has 2 atom stereocenters. The van der Waals surface area contributed by atoms with E-state index in [1.54, 1.807) is 0 Å². The predicted octanol–water partition coefficient (Wildman–Crippen LogP) is -0.159. The average Bonchev–Trinajstić information content (AvgIpc) is 1.59. The summed E-state index contributed by atoms with van der Waals surface area (Å²) in [5.41, 5.74) is 0. The first-order valence-corrected chi connectivity index (χ1v) is 2.96. The van der Waals surface area contributed by atoms with Crippen LogP contribution in [0.1, 0.15) is 13.8 Å². The van der Waals surface area contributed by atoms with Crippen molar-refractivity contribution in [3.8, 4) is 0 Å². The molecule has 2 unspecified atom stereocenters. The Labute approximate surface area is 82.4 Å². The zero-order valence-electron chi connectivity index (χ0n) is 7.19. The molecule has 78 valence electrons. The van der Waals surface area contributed by atoms with E-state index in [1.165, 1.54) is 13.8 Å². The van der Waals surface area contributed by atoms with Crippen LogP contribution in [-0.4, -0.2) is 33.4 Å². The van der Waals surface area contributed by atoms with Gasteiger partial charge in [-0.2, -0.15) is 0 Å². The Kier molecular flexibility index (Phi) is 11.1. The molecule has 0 amide bonds. The van der Waals surface area contributed by atoms with Crippen LogP contribution >= 0.6 is 0 Å². The summed E-state index contributed by atoms with van der Waals surface area (Å²) in [5.74, 6) is 0. The van der Waals surface area contributed by atoms with Gasteiger partial charge >= 0.3 is 17.1 Å². The van der Waals surface area contributed by atoms with E-state index >= 15 is 0 Å². The molecule has 0 radical (unpaired) electrons. The third-order valence-corrected chi connectivity index (χ3v) is 1.23. The van der Waals surface area contributed by atoms with Crippen LogP contribution in [0, 0.1) is 17.5 Å². The summed E-state index contributed by atoms with van der Waals surface area (Å²) in [6, 6.07) is -1.28. The van der Waals surface area contributed by atoms with Gasteiger partial charge in [0.1, 0.15) is 12.2 Å². The molecule has 0 aromatic heterocycles. The van der Waals surface area contributed by atoms with Gasteiger partial charge in [0.05, 0.1) is 0 Å². The quantitative estimate of drug-likeness (QED) is 0.304. The SMILES string of the molecule is CC(O)C(C(C)O)[N+](=O)[O-].[CH3-].[Cu+]. The Morgan fingerprint density at radius 1 is 1.25 bits per heavy atom. The molecule has 0 fully saturated rings. The van der Waals surface area contributed by atoms with E-state index in [2.05, 4.69) is 0 Å². The van der Waals surface area contributed by atoms with Crippen molar-refractivity contribution in [1.82, 2.24) is 0 Å². The molecule has 12 heavy (non-hydrogen) atoms. The first-order valence-electron chi connectivity index (χ1n) is 2.96. The number of nitrogens with zero attached hydrogens (tertiary/aromatic N) is 1. The van der Waals surface area contributed by atoms with Crippen LogP contribution in [0.4, 0.5) is 0 Å². The second-order valence-electron chi connectivity index (χ2n) is 2.26. The Morgan fingerprint density at radius 3 is 1.50 bits per heavy atom. The molecule has 0 bridgehead atoms. The summed E-state index contributed by atoms with van der Waals surface area (Å²) in [6.07, 6.45) is -2.23. The molecular formula is C6H14CuNO4. The van der Waals surface area contributed by atoms with E-state index < -0.39 is 23.2 Å². The maximum atomic E-state index is 10.1. The second kappa shape index (κ2) is 7.49. The monoisotopic (exact) mass is 227 g/mol. The molecule has 0 aromatic carbocycles. The van der Waals surface area contributed by atoms with Gasteiger partial charge in [0.15, 0.2) is 0 Å². The van der Waals surface area contributed by atoms with Gasteiger partial charge in [-0.3, -0.25) is 10.1 Å². The zero-order chi connectivity index (χ0) is 8.31. The van der Waals surface area contributed by atoms with Gasteiger partial charge in [-0.05, 0) is 13.8 Å². The van der Waals surface area contributed by atoms with E-state index in [0.29, 0.717) is 0 Å². The van der Waals surface area contributed by atoms with Crippen LogP contribution < -0.4 is 0 Å². The van der Waals surface area contributed by atoms with Crippen molar-refractivity contribution in [3.05, 3.63) is 17.5 Å². The smallest absolute Gasteiger partial charge is 0.386 e. The predicted molar refractivity (Wildman–Crippen MR) is 40.6 cm³/mol. The molecule has 0 aromatic rings. The molecule has 0 aliphatic rings. The molecule has 0 spiro atoms. The first-order chi connectivity index (χ1) is 4.46. The minimum atomic E-state index is -1.28. The minimum absolute atomic E-state index is 0. The van der Waals surface area contributed by atoms with Crippen molar-refractivity contribution in [3.63, 3.8) is 0 Å². The Bertz CT molecular complexity index is 121. The number of aliphatic hydroxyl groups excluding tert-OH is 2. The van der Waals surface area contributed by atoms with Crippen LogP contribution in [0.25, 0.3) is 0 Å². The number of rotatable bonds is 3. The summed E-state index contributed by atoms with van der Waals surface area (Å²) >= 11 is 0. The van der Waals surface area contributed by atoms with E-state index in [4.69, 9.17) is 10.2 Å². The fourth-order valence-corrected chi connectivity index (χ4v) is 0.755. The molecule has 0 aliphatic heterocycles. The van der Waals surface area contributed by atoms with Crippen molar-refractivity contribution in [2.75, 3.05) is 0 Å². The van der Waals surface area contributed by atoms with Crippen molar-refractivity contribution in [2.24, 2.45) is 0 Å². The molecule has 0 aliphatic carbocycles. The molecule has 2 N–H and O–H groups in total. The minimum Gasteiger partial charge on any atom is -0.386 e. The maximum Gasteiger partial charge on any atom is 1.00 e. The van der Waals surface area contributed by atoms with Crippen molar-refractivity contribution in [1.29, 1.82) is 0 Å². The fraction of sp³-hybridized carbons (Fsp3) is 0.833. The van der Waals surface area contributed by atoms with Crippen molar-refractivity contribution >= 4 is 0 Å². The Balaban J connectivity index is -0.000000405. The van der Waals surface area contributed by atoms with Crippen LogP contribution in [0.3, 0.4) is 0 Å². The van der Waals surface area contributed by atoms with Gasteiger partial charge in [0, 0.05) is 4.92 Å². The topological polar surface area (TPSA) is 83.6 Å². The maximum absolute atomic E-state index is 10.1. The summed E-state index contributed by atoms with van der Waals surface area (Å²) < 4.78 is 0. The van der Waals surface area contributed by atoms with Gasteiger partial charge < -0.3 is 17.6 Å². The summed E-state index contributed by atoms with van der Waals surface area (Å²) in [7, 11) is 0. The van der Waals surface area contributed by atoms with Crippen LogP contribution in [0.15, 0.2) is 0 Å². The number of hydrogen-bond acceptors (Lipinski definition) is 4. The van der Waals surface area contributed by atoms with E-state index in [-0.39, 0.29) is 24.5 Å². The van der Waals surface area contributed by atoms with E-state index in [1.807, 2.05) is 0 Å². The first kappa shape index (κ1) is 17.8. The zero-order valence-corrected chi connectivity index (χ0v) is 8.13. The third kappa shape index (κ3) is 5.48. The molecule has 0 heterocycles. The molecule has 0 rings (SSSR count). The number of aliphatic hydroxyl groups is 2. The van der Waals surface area contributed by atoms with Crippen molar-refractivity contribution in [2.45, 2.75) is 32.1 Å². The van der Waals surface area contributed by atoms with Gasteiger partial charge in [-0.1, -0.05) is 0 Å². The van der Waals surface area contributed by atoms with E-state index in [9.17, 15) is 10.1 Å². The van der Waals surface area contributed by atoms with Gasteiger partial charge in [0.25, 0.3) is 6.04 Å². The largest absolute Gasteiger partial charge is 1.00 e. The van der Waals surface area contributed by atoms with Gasteiger partial charge in [0.2, 0.25) is 0 Å². The normalized spacial score (nSPS) is 16.3. The summed E-state index contributed by atoms with van der Waals surface area (Å²) in [4.78, 5) is 9.38. The van der Waals surface area contributed by atoms with E-state index in [0.717, 1.165) is 0 Å². The number of nitro groups is 1. The third-order valence-electron chi connectivity index (χ3n) is 1.23. The fourth-order valence-electron chi connectivity index (χ4n) is 0.755. The molecule has 0 saturated heterocycles.